The minimum absolute atomic E-state index is 0. The molecule has 0 spiro atoms. The third-order valence-corrected chi connectivity index (χ3v) is 6.85. The zero-order chi connectivity index (χ0) is 16.7. The largest absolute Gasteiger partial charge is 0.335 e. The Hall–Kier alpha value is -1.06. The van der Waals surface area contributed by atoms with Gasteiger partial charge in [-0.05, 0) is 68.4 Å². The first kappa shape index (κ1) is 18.7. The van der Waals surface area contributed by atoms with Crippen LogP contribution in [0.2, 0.25) is 0 Å². The molecule has 3 aliphatic rings. The zero-order valence-electron chi connectivity index (χ0n) is 15.2. The SMILES string of the molecule is Cc1ccccc1C1CCCN1C(=O)C1CC2CCCC(C1)C2N.Cl. The van der Waals surface area contributed by atoms with Crippen molar-refractivity contribution < 1.29 is 4.79 Å². The lowest BCUT2D eigenvalue weighted by molar-refractivity contribution is -0.139. The van der Waals surface area contributed by atoms with Crippen molar-refractivity contribution in [2.24, 2.45) is 23.5 Å². The highest BCUT2D eigenvalue weighted by molar-refractivity contribution is 5.85. The fraction of sp³-hybridized carbons (Fsp3) is 0.667. The van der Waals surface area contributed by atoms with Gasteiger partial charge in [-0.25, -0.2) is 0 Å². The minimum Gasteiger partial charge on any atom is -0.335 e. The maximum absolute atomic E-state index is 13.3. The van der Waals surface area contributed by atoms with Crippen LogP contribution in [0.1, 0.15) is 62.1 Å². The first-order valence-corrected chi connectivity index (χ1v) is 9.76. The van der Waals surface area contributed by atoms with E-state index in [2.05, 4.69) is 36.1 Å². The summed E-state index contributed by atoms with van der Waals surface area (Å²) in [5, 5.41) is 0. The summed E-state index contributed by atoms with van der Waals surface area (Å²) in [5.74, 6) is 1.77. The lowest BCUT2D eigenvalue weighted by Gasteiger charge is -2.44. The Balaban J connectivity index is 0.00000182. The molecule has 25 heavy (non-hydrogen) atoms. The lowest BCUT2D eigenvalue weighted by atomic mass is 9.65. The van der Waals surface area contributed by atoms with E-state index in [1.54, 1.807) is 0 Å². The molecule has 1 heterocycles. The van der Waals surface area contributed by atoms with Crippen LogP contribution in [0.3, 0.4) is 0 Å². The van der Waals surface area contributed by atoms with E-state index < -0.39 is 0 Å². The van der Waals surface area contributed by atoms with Gasteiger partial charge in [-0.1, -0.05) is 30.7 Å². The Bertz CT molecular complexity index is 606. The standard InChI is InChI=1S/C21H30N2O.ClH/c1-14-6-2-3-9-18(14)19-10-5-11-23(19)21(24)17-12-15-7-4-8-16(13-17)20(15)22;/h2-3,6,9,15-17,19-20H,4-5,7-8,10-13,22H2,1H3;1H. The van der Waals surface area contributed by atoms with Gasteiger partial charge in [0.2, 0.25) is 5.91 Å². The van der Waals surface area contributed by atoms with E-state index >= 15 is 0 Å². The van der Waals surface area contributed by atoms with Gasteiger partial charge in [0, 0.05) is 18.5 Å². The number of likely N-dealkylation sites (tertiary alicyclic amines) is 1. The number of nitrogens with two attached hydrogens (primary N) is 1. The summed E-state index contributed by atoms with van der Waals surface area (Å²) in [7, 11) is 0. The molecule has 3 nitrogen and oxygen atoms in total. The molecule has 1 saturated heterocycles. The number of hydrogen-bond acceptors (Lipinski definition) is 2. The van der Waals surface area contributed by atoms with Crippen LogP contribution < -0.4 is 5.73 Å². The Morgan fingerprint density at radius 3 is 2.44 bits per heavy atom. The van der Waals surface area contributed by atoms with Crippen LogP contribution in [0, 0.1) is 24.7 Å². The Morgan fingerprint density at radius 2 is 1.76 bits per heavy atom. The number of rotatable bonds is 2. The van der Waals surface area contributed by atoms with E-state index in [1.165, 1.54) is 30.4 Å². The van der Waals surface area contributed by atoms with Crippen LogP contribution in [-0.4, -0.2) is 23.4 Å². The van der Waals surface area contributed by atoms with Gasteiger partial charge in [-0.15, -0.1) is 12.4 Å². The number of nitrogens with zero attached hydrogens (tertiary/aromatic N) is 1. The Morgan fingerprint density at radius 1 is 1.08 bits per heavy atom. The second-order valence-electron chi connectivity index (χ2n) is 8.24. The van der Waals surface area contributed by atoms with Crippen molar-refractivity contribution in [3.05, 3.63) is 35.4 Å². The minimum atomic E-state index is 0. The number of amides is 1. The van der Waals surface area contributed by atoms with Gasteiger partial charge in [0.05, 0.1) is 6.04 Å². The fourth-order valence-corrected chi connectivity index (χ4v) is 5.54. The van der Waals surface area contributed by atoms with Gasteiger partial charge >= 0.3 is 0 Å². The van der Waals surface area contributed by atoms with Gasteiger partial charge in [-0.3, -0.25) is 4.79 Å². The highest BCUT2D eigenvalue weighted by Gasteiger charge is 2.43. The van der Waals surface area contributed by atoms with Crippen molar-refractivity contribution in [1.29, 1.82) is 0 Å². The molecular formula is C21H31ClN2O. The highest BCUT2D eigenvalue weighted by atomic mass is 35.5. The van der Waals surface area contributed by atoms with Gasteiger partial charge in [-0.2, -0.15) is 0 Å². The quantitative estimate of drug-likeness (QED) is 0.855. The third-order valence-electron chi connectivity index (χ3n) is 6.85. The van der Waals surface area contributed by atoms with Crippen molar-refractivity contribution in [1.82, 2.24) is 4.90 Å². The van der Waals surface area contributed by atoms with Gasteiger partial charge in [0.1, 0.15) is 0 Å². The fourth-order valence-electron chi connectivity index (χ4n) is 5.54. The van der Waals surface area contributed by atoms with E-state index in [4.69, 9.17) is 5.73 Å². The molecule has 4 heteroatoms. The van der Waals surface area contributed by atoms with Gasteiger partial charge < -0.3 is 10.6 Å². The van der Waals surface area contributed by atoms with Crippen LogP contribution >= 0.6 is 12.4 Å². The zero-order valence-corrected chi connectivity index (χ0v) is 16.0. The van der Waals surface area contributed by atoms with Crippen molar-refractivity contribution >= 4 is 18.3 Å². The van der Waals surface area contributed by atoms with E-state index in [0.29, 0.717) is 23.8 Å². The molecule has 2 N–H and O–H groups in total. The summed E-state index contributed by atoms with van der Waals surface area (Å²) in [6, 6.07) is 9.19. The van der Waals surface area contributed by atoms with E-state index in [-0.39, 0.29) is 24.4 Å². The van der Waals surface area contributed by atoms with Crippen molar-refractivity contribution in [2.45, 2.75) is 64.0 Å². The first-order chi connectivity index (χ1) is 11.6. The molecule has 0 aromatic heterocycles. The van der Waals surface area contributed by atoms with E-state index in [1.807, 2.05) is 0 Å². The average Bonchev–Trinajstić information content (AvgIpc) is 3.03. The van der Waals surface area contributed by atoms with Gasteiger partial charge in [0.25, 0.3) is 0 Å². The van der Waals surface area contributed by atoms with Crippen LogP contribution in [-0.2, 0) is 4.79 Å². The van der Waals surface area contributed by atoms with Crippen LogP contribution in [0.4, 0.5) is 0 Å². The molecular weight excluding hydrogens is 332 g/mol. The molecule has 2 bridgehead atoms. The number of fused-ring (bicyclic) bond motifs is 2. The predicted octanol–water partition coefficient (Wildman–Crippen LogP) is 4.23. The van der Waals surface area contributed by atoms with Crippen molar-refractivity contribution in [3.8, 4) is 0 Å². The summed E-state index contributed by atoms with van der Waals surface area (Å²) < 4.78 is 0. The van der Waals surface area contributed by atoms with Crippen LogP contribution in [0.25, 0.3) is 0 Å². The number of carbonyl (C=O) groups excluding carboxylic acids is 1. The number of hydrogen-bond donors (Lipinski definition) is 1. The maximum Gasteiger partial charge on any atom is 0.226 e. The predicted molar refractivity (Wildman–Crippen MR) is 104 cm³/mol. The summed E-state index contributed by atoms with van der Waals surface area (Å²) in [6.45, 7) is 3.09. The normalized spacial score (nSPS) is 34.5. The van der Waals surface area contributed by atoms with Crippen LogP contribution in [0.15, 0.2) is 24.3 Å². The second-order valence-corrected chi connectivity index (χ2v) is 8.24. The maximum atomic E-state index is 13.3. The molecule has 1 aromatic rings. The van der Waals surface area contributed by atoms with Crippen LogP contribution in [0.5, 0.6) is 0 Å². The van der Waals surface area contributed by atoms with E-state index in [9.17, 15) is 4.79 Å². The number of halogens is 1. The van der Waals surface area contributed by atoms with Crippen molar-refractivity contribution in [3.63, 3.8) is 0 Å². The molecule has 1 aromatic carbocycles. The third kappa shape index (κ3) is 3.46. The summed E-state index contributed by atoms with van der Waals surface area (Å²) >= 11 is 0. The Labute approximate surface area is 157 Å². The molecule has 1 amide bonds. The van der Waals surface area contributed by atoms with Crippen molar-refractivity contribution in [2.75, 3.05) is 6.54 Å². The Kier molecular flexibility index (Phi) is 5.75. The van der Waals surface area contributed by atoms with E-state index in [0.717, 1.165) is 32.2 Å². The molecule has 3 atom stereocenters. The first-order valence-electron chi connectivity index (χ1n) is 9.76. The molecule has 2 saturated carbocycles. The average molecular weight is 363 g/mol. The monoisotopic (exact) mass is 362 g/mol. The molecule has 3 unspecified atom stereocenters. The summed E-state index contributed by atoms with van der Waals surface area (Å²) in [6.07, 6.45) is 8.03. The smallest absolute Gasteiger partial charge is 0.226 e. The number of benzene rings is 1. The van der Waals surface area contributed by atoms with Gasteiger partial charge in [0.15, 0.2) is 0 Å². The summed E-state index contributed by atoms with van der Waals surface area (Å²) in [4.78, 5) is 15.5. The topological polar surface area (TPSA) is 46.3 Å². The summed E-state index contributed by atoms with van der Waals surface area (Å²) in [5.41, 5.74) is 9.07. The lowest BCUT2D eigenvalue weighted by Crippen LogP contribution is -2.49. The molecule has 138 valence electrons. The highest BCUT2D eigenvalue weighted by Crippen LogP contribution is 2.44. The number of carbonyl (C=O) groups is 1. The molecule has 2 aliphatic carbocycles. The number of aryl methyl sites for hydroxylation is 1. The molecule has 3 fully saturated rings. The molecule has 4 rings (SSSR count). The second kappa shape index (κ2) is 7.67. The molecule has 1 aliphatic heterocycles. The molecule has 0 radical (unpaired) electrons.